The van der Waals surface area contributed by atoms with Crippen LogP contribution >= 0.6 is 0 Å². The van der Waals surface area contributed by atoms with Crippen LogP contribution < -0.4 is 4.90 Å². The molecule has 104 valence electrons. The first kappa shape index (κ1) is 14.3. The topological polar surface area (TPSA) is 20.3 Å². The van der Waals surface area contributed by atoms with Crippen molar-refractivity contribution in [3.63, 3.8) is 0 Å². The van der Waals surface area contributed by atoms with Crippen LogP contribution in [-0.2, 0) is 0 Å². The highest BCUT2D eigenvalue weighted by molar-refractivity contribution is 6.00. The third-order valence-corrected chi connectivity index (χ3v) is 3.54. The number of ketones is 1. The van der Waals surface area contributed by atoms with Crippen molar-refractivity contribution in [3.05, 3.63) is 64.7 Å². The number of nitrogens with zero attached hydrogens (tertiary/aromatic N) is 1. The van der Waals surface area contributed by atoms with E-state index in [1.54, 1.807) is 0 Å². The number of benzene rings is 2. The Morgan fingerprint density at radius 1 is 0.950 bits per heavy atom. The van der Waals surface area contributed by atoms with Crippen LogP contribution in [-0.4, -0.2) is 19.4 Å². The molecule has 0 bridgehead atoms. The van der Waals surface area contributed by atoms with Gasteiger partial charge in [0.2, 0.25) is 0 Å². The summed E-state index contributed by atoms with van der Waals surface area (Å²) < 4.78 is 0. The minimum Gasteiger partial charge on any atom is -0.367 e. The zero-order valence-electron chi connectivity index (χ0n) is 12.6. The molecule has 0 N–H and O–H groups in total. The number of aryl methyl sites for hydroxylation is 3. The van der Waals surface area contributed by atoms with Crippen LogP contribution in [0.5, 0.6) is 0 Å². The van der Waals surface area contributed by atoms with Crippen molar-refractivity contribution in [2.75, 3.05) is 18.5 Å². The van der Waals surface area contributed by atoms with Gasteiger partial charge in [-0.25, -0.2) is 0 Å². The van der Waals surface area contributed by atoms with Crippen LogP contribution in [0.3, 0.4) is 0 Å². The minimum atomic E-state index is 0.158. The van der Waals surface area contributed by atoms with Crippen LogP contribution in [0, 0.1) is 20.8 Å². The first-order valence-corrected chi connectivity index (χ1v) is 6.85. The van der Waals surface area contributed by atoms with Crippen LogP contribution in [0.25, 0.3) is 0 Å². The predicted octanol–water partition coefficient (Wildman–Crippen LogP) is 3.93. The molecule has 2 nitrogen and oxygen atoms in total. The molecule has 0 saturated heterocycles. The van der Waals surface area contributed by atoms with Crippen molar-refractivity contribution in [1.29, 1.82) is 0 Å². The molecule has 0 radical (unpaired) electrons. The number of Topliss-reactive ketones (excluding diaryl/α,β-unsaturated/α-hetero) is 1. The van der Waals surface area contributed by atoms with Crippen LogP contribution in [0.15, 0.2) is 42.5 Å². The van der Waals surface area contributed by atoms with Crippen molar-refractivity contribution in [2.45, 2.75) is 20.8 Å². The Kier molecular flexibility index (Phi) is 4.23. The average molecular weight is 267 g/mol. The second-order valence-corrected chi connectivity index (χ2v) is 5.43. The van der Waals surface area contributed by atoms with Gasteiger partial charge in [0.1, 0.15) is 0 Å². The van der Waals surface area contributed by atoms with Gasteiger partial charge in [0, 0.05) is 18.3 Å². The van der Waals surface area contributed by atoms with Gasteiger partial charge in [-0.15, -0.1) is 0 Å². The molecular weight excluding hydrogens is 246 g/mol. The van der Waals surface area contributed by atoms with Gasteiger partial charge in [-0.3, -0.25) is 4.79 Å². The molecule has 0 aromatic heterocycles. The summed E-state index contributed by atoms with van der Waals surface area (Å²) in [5, 5.41) is 0. The van der Waals surface area contributed by atoms with Crippen molar-refractivity contribution in [1.82, 2.24) is 0 Å². The van der Waals surface area contributed by atoms with Crippen molar-refractivity contribution in [3.8, 4) is 0 Å². The van der Waals surface area contributed by atoms with E-state index in [-0.39, 0.29) is 5.78 Å². The smallest absolute Gasteiger partial charge is 0.182 e. The van der Waals surface area contributed by atoms with Crippen LogP contribution in [0.1, 0.15) is 27.0 Å². The lowest BCUT2D eigenvalue weighted by atomic mass is 10.0. The highest BCUT2D eigenvalue weighted by atomic mass is 16.1. The molecule has 0 aliphatic carbocycles. The van der Waals surface area contributed by atoms with E-state index >= 15 is 0 Å². The molecule has 0 saturated carbocycles. The van der Waals surface area contributed by atoms with E-state index in [4.69, 9.17) is 0 Å². The SMILES string of the molecule is Cc1ccc(N(C)CC(=O)c2ccc(C)cc2C)cc1. The van der Waals surface area contributed by atoms with Gasteiger partial charge in [-0.05, 0) is 38.5 Å². The molecule has 0 heterocycles. The Labute approximate surface area is 121 Å². The number of carbonyl (C=O) groups is 1. The Balaban J connectivity index is 2.13. The molecule has 0 aliphatic rings. The molecule has 20 heavy (non-hydrogen) atoms. The molecule has 0 unspecified atom stereocenters. The maximum Gasteiger partial charge on any atom is 0.182 e. The highest BCUT2D eigenvalue weighted by Gasteiger charge is 2.12. The first-order valence-electron chi connectivity index (χ1n) is 6.85. The van der Waals surface area contributed by atoms with Crippen LogP contribution in [0.2, 0.25) is 0 Å². The van der Waals surface area contributed by atoms with Crippen LogP contribution in [0.4, 0.5) is 5.69 Å². The third-order valence-electron chi connectivity index (χ3n) is 3.54. The molecule has 0 atom stereocenters. The lowest BCUT2D eigenvalue weighted by molar-refractivity contribution is 0.1000. The van der Waals surface area contributed by atoms with Gasteiger partial charge in [-0.1, -0.05) is 41.5 Å². The van der Waals surface area contributed by atoms with E-state index < -0.39 is 0 Å². The molecule has 2 heteroatoms. The van der Waals surface area contributed by atoms with E-state index in [0.29, 0.717) is 6.54 Å². The van der Waals surface area contributed by atoms with Crippen molar-refractivity contribution in [2.24, 2.45) is 0 Å². The standard InChI is InChI=1S/C18H21NO/c1-13-5-8-16(9-6-13)19(4)12-18(20)17-10-7-14(2)11-15(17)3/h5-11H,12H2,1-4H3. The summed E-state index contributed by atoms with van der Waals surface area (Å²) in [7, 11) is 1.95. The van der Waals surface area contributed by atoms with E-state index in [1.165, 1.54) is 11.1 Å². The number of anilines is 1. The molecule has 0 fully saturated rings. The molecule has 2 rings (SSSR count). The number of likely N-dealkylation sites (N-methyl/N-ethyl adjacent to an activating group) is 1. The quantitative estimate of drug-likeness (QED) is 0.782. The first-order chi connectivity index (χ1) is 9.47. The van der Waals surface area contributed by atoms with E-state index in [2.05, 4.69) is 25.1 Å². The summed E-state index contributed by atoms with van der Waals surface area (Å²) in [6.07, 6.45) is 0. The third kappa shape index (κ3) is 3.27. The second kappa shape index (κ2) is 5.91. The van der Waals surface area contributed by atoms with Crippen molar-refractivity contribution < 1.29 is 4.79 Å². The minimum absolute atomic E-state index is 0.158. The number of hydrogen-bond donors (Lipinski definition) is 0. The lowest BCUT2D eigenvalue weighted by Crippen LogP contribution is -2.26. The maximum absolute atomic E-state index is 12.4. The fraction of sp³-hybridized carbons (Fsp3) is 0.278. The predicted molar refractivity (Wildman–Crippen MR) is 84.7 cm³/mol. The summed E-state index contributed by atoms with van der Waals surface area (Å²) in [6, 6.07) is 14.2. The number of rotatable bonds is 4. The monoisotopic (exact) mass is 267 g/mol. The molecule has 2 aromatic rings. The zero-order valence-corrected chi connectivity index (χ0v) is 12.6. The molecule has 2 aromatic carbocycles. The van der Waals surface area contributed by atoms with Gasteiger partial charge in [0.25, 0.3) is 0 Å². The van der Waals surface area contributed by atoms with E-state index in [0.717, 1.165) is 16.8 Å². The van der Waals surface area contributed by atoms with Crippen molar-refractivity contribution >= 4 is 11.5 Å². The zero-order chi connectivity index (χ0) is 14.7. The van der Waals surface area contributed by atoms with Gasteiger partial charge in [-0.2, -0.15) is 0 Å². The second-order valence-electron chi connectivity index (χ2n) is 5.43. The normalized spacial score (nSPS) is 10.4. The fourth-order valence-electron chi connectivity index (χ4n) is 2.32. The largest absolute Gasteiger partial charge is 0.367 e. The summed E-state index contributed by atoms with van der Waals surface area (Å²) in [4.78, 5) is 14.4. The fourth-order valence-corrected chi connectivity index (χ4v) is 2.32. The average Bonchev–Trinajstić information content (AvgIpc) is 2.39. The number of hydrogen-bond acceptors (Lipinski definition) is 2. The number of carbonyl (C=O) groups excluding carboxylic acids is 1. The highest BCUT2D eigenvalue weighted by Crippen LogP contribution is 2.16. The Morgan fingerprint density at radius 3 is 2.15 bits per heavy atom. The Morgan fingerprint density at radius 2 is 1.55 bits per heavy atom. The molecule has 0 spiro atoms. The molecule has 0 aliphatic heterocycles. The Hall–Kier alpha value is -2.09. The summed E-state index contributed by atoms with van der Waals surface area (Å²) in [6.45, 7) is 6.49. The van der Waals surface area contributed by atoms with Gasteiger partial charge < -0.3 is 4.90 Å². The summed E-state index contributed by atoms with van der Waals surface area (Å²) in [5.74, 6) is 0.158. The summed E-state index contributed by atoms with van der Waals surface area (Å²) in [5.41, 5.74) is 5.34. The molecule has 0 amide bonds. The van der Waals surface area contributed by atoms with Gasteiger partial charge in [0.05, 0.1) is 6.54 Å². The lowest BCUT2D eigenvalue weighted by Gasteiger charge is -2.19. The van der Waals surface area contributed by atoms with E-state index in [1.807, 2.05) is 50.1 Å². The van der Waals surface area contributed by atoms with E-state index in [9.17, 15) is 4.79 Å². The maximum atomic E-state index is 12.4. The molecular formula is C18H21NO. The summed E-state index contributed by atoms with van der Waals surface area (Å²) >= 11 is 0. The van der Waals surface area contributed by atoms with Gasteiger partial charge >= 0.3 is 0 Å². The Bertz CT molecular complexity index is 614. The van der Waals surface area contributed by atoms with Gasteiger partial charge in [0.15, 0.2) is 5.78 Å².